The Kier molecular flexibility index (Phi) is 5.61. The Balaban J connectivity index is 1.91. The van der Waals surface area contributed by atoms with Gasteiger partial charge in [0.2, 0.25) is 15.9 Å². The summed E-state index contributed by atoms with van der Waals surface area (Å²) in [6.07, 6.45) is 2.89. The number of piperidine rings is 1. The molecule has 1 saturated heterocycles. The van der Waals surface area contributed by atoms with Crippen molar-refractivity contribution in [2.45, 2.75) is 70.9 Å². The molecule has 30 heavy (non-hydrogen) atoms. The van der Waals surface area contributed by atoms with Crippen molar-refractivity contribution in [3.05, 3.63) is 36.4 Å². The summed E-state index contributed by atoms with van der Waals surface area (Å²) in [7, 11) is -3.68. The molecule has 1 amide bonds. The number of aryl methyl sites for hydroxylation is 1. The van der Waals surface area contributed by atoms with Crippen LogP contribution in [-0.4, -0.2) is 43.4 Å². The van der Waals surface area contributed by atoms with Crippen molar-refractivity contribution in [3.63, 3.8) is 0 Å². The number of amides is 1. The van der Waals surface area contributed by atoms with Crippen molar-refractivity contribution >= 4 is 15.9 Å². The molecule has 6 nitrogen and oxygen atoms in total. The minimum Gasteiger partial charge on any atom is -0.488 e. The summed E-state index contributed by atoms with van der Waals surface area (Å²) in [5, 5.41) is 3.01. The molecule has 3 rings (SSSR count). The largest absolute Gasteiger partial charge is 0.488 e. The van der Waals surface area contributed by atoms with Crippen LogP contribution < -0.4 is 10.1 Å². The van der Waals surface area contributed by atoms with E-state index >= 15 is 0 Å². The minimum absolute atomic E-state index is 0.180. The summed E-state index contributed by atoms with van der Waals surface area (Å²) in [4.78, 5) is 12.3. The normalized spacial score (nSPS) is 23.1. The monoisotopic (exact) mass is 434 g/mol. The number of rotatable bonds is 4. The van der Waals surface area contributed by atoms with Gasteiger partial charge in [-0.15, -0.1) is 0 Å². The first-order chi connectivity index (χ1) is 13.7. The third-order valence-corrected chi connectivity index (χ3v) is 8.04. The SMILES string of the molecule is C=CC(=O)NC1C(C)(C)CN(S(=O)(=O)c2ccc3c(c2)CCC(C)(C)O3)CC1(C)C. The van der Waals surface area contributed by atoms with Crippen molar-refractivity contribution in [2.24, 2.45) is 10.8 Å². The van der Waals surface area contributed by atoms with Gasteiger partial charge in [-0.05, 0) is 67.4 Å². The number of benzene rings is 1. The second kappa shape index (κ2) is 7.38. The first-order valence-electron chi connectivity index (χ1n) is 10.4. The highest BCUT2D eigenvalue weighted by Gasteiger charge is 2.50. The van der Waals surface area contributed by atoms with Crippen LogP contribution in [0.2, 0.25) is 0 Å². The van der Waals surface area contributed by atoms with Gasteiger partial charge in [-0.25, -0.2) is 8.42 Å². The second-order valence-electron chi connectivity index (χ2n) is 10.5. The lowest BCUT2D eigenvalue weighted by atomic mass is 9.67. The van der Waals surface area contributed by atoms with Gasteiger partial charge in [0.1, 0.15) is 11.4 Å². The average molecular weight is 435 g/mol. The fourth-order valence-corrected chi connectivity index (χ4v) is 6.75. The van der Waals surface area contributed by atoms with Crippen LogP contribution in [0, 0.1) is 10.8 Å². The predicted octanol–water partition coefficient (Wildman–Crippen LogP) is 3.52. The molecule has 0 saturated carbocycles. The minimum atomic E-state index is -3.68. The Morgan fingerprint density at radius 1 is 1.17 bits per heavy atom. The molecule has 0 spiro atoms. The van der Waals surface area contributed by atoms with E-state index in [0.29, 0.717) is 18.0 Å². The molecule has 7 heteroatoms. The molecule has 0 radical (unpaired) electrons. The second-order valence-corrected chi connectivity index (χ2v) is 12.5. The van der Waals surface area contributed by atoms with Crippen LogP contribution in [0.5, 0.6) is 5.75 Å². The highest BCUT2D eigenvalue weighted by molar-refractivity contribution is 7.89. The zero-order valence-corrected chi connectivity index (χ0v) is 19.7. The summed E-state index contributed by atoms with van der Waals surface area (Å²) >= 11 is 0. The number of carbonyl (C=O) groups excluding carboxylic acids is 1. The molecule has 0 atom stereocenters. The Labute approximate surface area is 180 Å². The van der Waals surface area contributed by atoms with Crippen LogP contribution in [0.15, 0.2) is 35.7 Å². The van der Waals surface area contributed by atoms with Gasteiger partial charge in [0.25, 0.3) is 0 Å². The lowest BCUT2D eigenvalue weighted by molar-refractivity contribution is -0.120. The first-order valence-corrected chi connectivity index (χ1v) is 11.9. The van der Waals surface area contributed by atoms with E-state index in [-0.39, 0.29) is 17.6 Å². The topological polar surface area (TPSA) is 75.7 Å². The third kappa shape index (κ3) is 4.28. The smallest absolute Gasteiger partial charge is 0.243 e. The Hall–Kier alpha value is -1.86. The fourth-order valence-electron chi connectivity index (χ4n) is 4.91. The van der Waals surface area contributed by atoms with Gasteiger partial charge in [-0.1, -0.05) is 34.3 Å². The van der Waals surface area contributed by atoms with Crippen molar-refractivity contribution < 1.29 is 17.9 Å². The van der Waals surface area contributed by atoms with Gasteiger partial charge in [0, 0.05) is 19.1 Å². The molecule has 1 fully saturated rings. The van der Waals surface area contributed by atoms with E-state index in [9.17, 15) is 13.2 Å². The summed E-state index contributed by atoms with van der Waals surface area (Å²) in [5.74, 6) is 0.520. The molecule has 2 aliphatic rings. The highest BCUT2D eigenvalue weighted by atomic mass is 32.2. The summed E-state index contributed by atoms with van der Waals surface area (Å²) in [5.41, 5.74) is -0.204. The van der Waals surface area contributed by atoms with Gasteiger partial charge in [-0.3, -0.25) is 4.79 Å². The lowest BCUT2D eigenvalue weighted by Gasteiger charge is -2.52. The Morgan fingerprint density at radius 2 is 1.77 bits per heavy atom. The first kappa shape index (κ1) is 22.8. The lowest BCUT2D eigenvalue weighted by Crippen LogP contribution is -2.64. The fraction of sp³-hybridized carbons (Fsp3) is 0.609. The van der Waals surface area contributed by atoms with Crippen LogP contribution in [-0.2, 0) is 21.2 Å². The Bertz CT molecular complexity index is 945. The molecule has 0 unspecified atom stereocenters. The summed E-state index contributed by atoms with van der Waals surface area (Å²) in [6, 6.07) is 4.99. The van der Waals surface area contributed by atoms with E-state index in [0.717, 1.165) is 24.2 Å². The van der Waals surface area contributed by atoms with Crippen molar-refractivity contribution in [1.29, 1.82) is 0 Å². The number of fused-ring (bicyclic) bond motifs is 1. The summed E-state index contributed by atoms with van der Waals surface area (Å²) in [6.45, 7) is 16.2. The van der Waals surface area contributed by atoms with E-state index in [1.54, 1.807) is 22.5 Å². The number of carbonyl (C=O) groups is 1. The van der Waals surface area contributed by atoms with Crippen LogP contribution in [0.25, 0.3) is 0 Å². The van der Waals surface area contributed by atoms with E-state index in [4.69, 9.17) is 4.74 Å². The molecule has 1 aromatic carbocycles. The molecular formula is C23H34N2O4S. The van der Waals surface area contributed by atoms with Gasteiger partial charge >= 0.3 is 0 Å². The van der Waals surface area contributed by atoms with Crippen molar-refractivity contribution in [1.82, 2.24) is 9.62 Å². The number of nitrogens with one attached hydrogen (secondary N) is 1. The summed E-state index contributed by atoms with van der Waals surface area (Å²) < 4.78 is 34.6. The zero-order chi connectivity index (χ0) is 22.5. The van der Waals surface area contributed by atoms with Crippen LogP contribution in [0.1, 0.15) is 53.5 Å². The Morgan fingerprint density at radius 3 is 2.33 bits per heavy atom. The molecule has 1 N–H and O–H groups in total. The van der Waals surface area contributed by atoms with Crippen LogP contribution >= 0.6 is 0 Å². The molecule has 166 valence electrons. The van der Waals surface area contributed by atoms with Crippen molar-refractivity contribution in [3.8, 4) is 5.75 Å². The van der Waals surface area contributed by atoms with E-state index in [2.05, 4.69) is 11.9 Å². The molecule has 1 aromatic rings. The van der Waals surface area contributed by atoms with Crippen LogP contribution in [0.3, 0.4) is 0 Å². The number of hydrogen-bond donors (Lipinski definition) is 1. The highest BCUT2D eigenvalue weighted by Crippen LogP contribution is 2.43. The van der Waals surface area contributed by atoms with Gasteiger partial charge in [0.05, 0.1) is 4.90 Å². The molecule has 0 aromatic heterocycles. The third-order valence-electron chi connectivity index (χ3n) is 6.26. The van der Waals surface area contributed by atoms with Gasteiger partial charge < -0.3 is 10.1 Å². The predicted molar refractivity (Wildman–Crippen MR) is 118 cm³/mol. The molecule has 2 heterocycles. The molecule has 2 aliphatic heterocycles. The van der Waals surface area contributed by atoms with Crippen LogP contribution in [0.4, 0.5) is 0 Å². The van der Waals surface area contributed by atoms with Gasteiger partial charge in [-0.2, -0.15) is 4.31 Å². The van der Waals surface area contributed by atoms with E-state index < -0.39 is 20.9 Å². The van der Waals surface area contributed by atoms with Gasteiger partial charge in [0.15, 0.2) is 0 Å². The maximum absolute atomic E-state index is 13.5. The molecule has 0 bridgehead atoms. The quantitative estimate of drug-likeness (QED) is 0.736. The maximum Gasteiger partial charge on any atom is 0.243 e. The molecular weight excluding hydrogens is 400 g/mol. The number of ether oxygens (including phenoxy) is 1. The zero-order valence-electron chi connectivity index (χ0n) is 18.9. The van der Waals surface area contributed by atoms with E-state index in [1.165, 1.54) is 6.08 Å². The number of nitrogens with zero attached hydrogens (tertiary/aromatic N) is 1. The number of sulfonamides is 1. The molecule has 0 aliphatic carbocycles. The number of hydrogen-bond acceptors (Lipinski definition) is 4. The van der Waals surface area contributed by atoms with Crippen molar-refractivity contribution in [2.75, 3.05) is 13.1 Å². The maximum atomic E-state index is 13.5. The average Bonchev–Trinajstić information content (AvgIpc) is 2.62. The standard InChI is InChI=1S/C23H34N2O4S/c1-8-19(26)24-20-21(2,3)14-25(15-22(20,4)5)30(27,28)17-9-10-18-16(13-17)11-12-23(6,7)29-18/h8-10,13,20H,1,11-12,14-15H2,2-7H3,(H,24,26). The van der Waals surface area contributed by atoms with E-state index in [1.807, 2.05) is 41.5 Å².